The zero-order chi connectivity index (χ0) is 13.8. The van der Waals surface area contributed by atoms with Crippen molar-refractivity contribution < 1.29 is 4.74 Å². The van der Waals surface area contributed by atoms with Gasteiger partial charge in [-0.2, -0.15) is 12.6 Å². The van der Waals surface area contributed by atoms with E-state index in [9.17, 15) is 4.79 Å². The average Bonchev–Trinajstić information content (AvgIpc) is 2.46. The van der Waals surface area contributed by atoms with Crippen LogP contribution in [0.5, 0.6) is 5.75 Å². The monoisotopic (exact) mass is 275 g/mol. The van der Waals surface area contributed by atoms with Gasteiger partial charge in [-0.15, -0.1) is 0 Å². The Kier molecular flexibility index (Phi) is 4.32. The summed E-state index contributed by atoms with van der Waals surface area (Å²) in [6.45, 7) is 2.58. The smallest absolute Gasteiger partial charge is 0.255 e. The topological polar surface area (TPSA) is 31.2 Å². The fraction of sp³-hybridized carbons (Fsp3) is 0.267. The van der Waals surface area contributed by atoms with Crippen LogP contribution in [0.3, 0.4) is 0 Å². The lowest BCUT2D eigenvalue weighted by Crippen LogP contribution is -2.23. The summed E-state index contributed by atoms with van der Waals surface area (Å²) in [6.07, 6.45) is 0. The Balaban J connectivity index is 2.69. The molecule has 4 heteroatoms. The molecule has 0 atom stereocenters. The van der Waals surface area contributed by atoms with Crippen molar-refractivity contribution in [3.63, 3.8) is 0 Å². The van der Waals surface area contributed by atoms with Gasteiger partial charge in [-0.3, -0.25) is 4.79 Å². The van der Waals surface area contributed by atoms with Crippen LogP contribution >= 0.6 is 12.6 Å². The summed E-state index contributed by atoms with van der Waals surface area (Å²) in [7, 11) is 1.63. The van der Waals surface area contributed by atoms with Crippen molar-refractivity contribution in [2.45, 2.75) is 19.2 Å². The Morgan fingerprint density at radius 1 is 1.21 bits per heavy atom. The fourth-order valence-electron chi connectivity index (χ4n) is 2.15. The maximum Gasteiger partial charge on any atom is 0.255 e. The molecule has 0 fully saturated rings. The van der Waals surface area contributed by atoms with Crippen LogP contribution in [-0.2, 0) is 12.3 Å². The van der Waals surface area contributed by atoms with E-state index in [2.05, 4.69) is 12.6 Å². The van der Waals surface area contributed by atoms with E-state index in [4.69, 9.17) is 4.74 Å². The number of rotatable bonds is 4. The minimum Gasteiger partial charge on any atom is -0.496 e. The first-order valence-corrected chi connectivity index (χ1v) is 6.83. The van der Waals surface area contributed by atoms with E-state index >= 15 is 0 Å². The third-order valence-corrected chi connectivity index (χ3v) is 3.46. The number of aromatic nitrogens is 1. The minimum atomic E-state index is 0.0147. The van der Waals surface area contributed by atoms with Gasteiger partial charge in [-0.05, 0) is 25.1 Å². The molecule has 100 valence electrons. The Morgan fingerprint density at radius 3 is 2.58 bits per heavy atom. The van der Waals surface area contributed by atoms with E-state index in [1.807, 2.05) is 43.3 Å². The van der Waals surface area contributed by atoms with E-state index in [-0.39, 0.29) is 5.56 Å². The van der Waals surface area contributed by atoms with Crippen LogP contribution in [0.15, 0.2) is 41.2 Å². The number of para-hydroxylation sites is 1. The van der Waals surface area contributed by atoms with Crippen molar-refractivity contribution in [1.29, 1.82) is 0 Å². The number of pyridine rings is 1. The van der Waals surface area contributed by atoms with Crippen molar-refractivity contribution >= 4 is 12.6 Å². The highest BCUT2D eigenvalue weighted by Gasteiger charge is 2.11. The standard InChI is InChI=1S/C15H17NO2S/c1-3-16-13(9-8-11(10-19)15(16)17)12-6-4-5-7-14(12)18-2/h4-9,19H,3,10H2,1-2H3. The second-order valence-corrected chi connectivity index (χ2v) is 4.47. The highest BCUT2D eigenvalue weighted by molar-refractivity contribution is 7.79. The van der Waals surface area contributed by atoms with Gasteiger partial charge >= 0.3 is 0 Å². The number of methoxy groups -OCH3 is 1. The van der Waals surface area contributed by atoms with E-state index < -0.39 is 0 Å². The van der Waals surface area contributed by atoms with Crippen molar-refractivity contribution in [1.82, 2.24) is 4.57 Å². The van der Waals surface area contributed by atoms with Gasteiger partial charge in [0.05, 0.1) is 12.8 Å². The van der Waals surface area contributed by atoms with Crippen molar-refractivity contribution in [2.24, 2.45) is 0 Å². The van der Waals surface area contributed by atoms with Gasteiger partial charge in [-0.1, -0.05) is 18.2 Å². The van der Waals surface area contributed by atoms with E-state index in [0.29, 0.717) is 17.9 Å². The minimum absolute atomic E-state index is 0.0147. The Hall–Kier alpha value is -1.68. The van der Waals surface area contributed by atoms with Gasteiger partial charge in [0.15, 0.2) is 0 Å². The zero-order valence-electron chi connectivity index (χ0n) is 11.1. The Morgan fingerprint density at radius 2 is 1.95 bits per heavy atom. The lowest BCUT2D eigenvalue weighted by Gasteiger charge is -2.15. The highest BCUT2D eigenvalue weighted by atomic mass is 32.1. The average molecular weight is 275 g/mol. The van der Waals surface area contributed by atoms with Gasteiger partial charge in [0, 0.05) is 23.4 Å². The first-order valence-electron chi connectivity index (χ1n) is 6.19. The fourth-order valence-corrected chi connectivity index (χ4v) is 2.39. The molecule has 1 heterocycles. The number of nitrogens with zero attached hydrogens (tertiary/aromatic N) is 1. The molecule has 3 nitrogen and oxygen atoms in total. The van der Waals surface area contributed by atoms with Crippen LogP contribution in [-0.4, -0.2) is 11.7 Å². The molecule has 0 amide bonds. The molecule has 0 N–H and O–H groups in total. The van der Waals surface area contributed by atoms with Crippen LogP contribution < -0.4 is 10.3 Å². The molecule has 0 aliphatic carbocycles. The number of ether oxygens (including phenoxy) is 1. The summed E-state index contributed by atoms with van der Waals surface area (Å²) in [5, 5.41) is 0. The van der Waals surface area contributed by atoms with Crippen LogP contribution in [0.25, 0.3) is 11.3 Å². The number of hydrogen-bond donors (Lipinski definition) is 1. The Labute approximate surface area is 118 Å². The van der Waals surface area contributed by atoms with Crippen molar-refractivity contribution in [3.8, 4) is 17.0 Å². The maximum absolute atomic E-state index is 12.3. The van der Waals surface area contributed by atoms with Gasteiger partial charge in [0.25, 0.3) is 5.56 Å². The lowest BCUT2D eigenvalue weighted by molar-refractivity contribution is 0.416. The molecule has 0 radical (unpaired) electrons. The van der Waals surface area contributed by atoms with Gasteiger partial charge < -0.3 is 9.30 Å². The van der Waals surface area contributed by atoms with Crippen LogP contribution in [0.4, 0.5) is 0 Å². The first-order chi connectivity index (χ1) is 9.22. The summed E-state index contributed by atoms with van der Waals surface area (Å²) < 4.78 is 7.12. The lowest BCUT2D eigenvalue weighted by atomic mass is 10.1. The maximum atomic E-state index is 12.3. The van der Waals surface area contributed by atoms with Gasteiger partial charge in [0.1, 0.15) is 5.75 Å². The molecule has 1 aromatic heterocycles. The molecule has 2 rings (SSSR count). The zero-order valence-corrected chi connectivity index (χ0v) is 12.0. The van der Waals surface area contributed by atoms with Crippen LogP contribution in [0.2, 0.25) is 0 Å². The van der Waals surface area contributed by atoms with Crippen LogP contribution in [0, 0.1) is 0 Å². The molecule has 0 saturated heterocycles. The number of benzene rings is 1. The SMILES string of the molecule is CCn1c(-c2ccccc2OC)ccc(CS)c1=O. The van der Waals surface area contributed by atoms with Crippen molar-refractivity contribution in [3.05, 3.63) is 52.3 Å². The molecule has 1 aromatic carbocycles. The highest BCUT2D eigenvalue weighted by Crippen LogP contribution is 2.28. The third kappa shape index (κ3) is 2.54. The van der Waals surface area contributed by atoms with E-state index in [1.165, 1.54) is 0 Å². The second kappa shape index (κ2) is 5.97. The molecule has 0 aliphatic rings. The van der Waals surface area contributed by atoms with Gasteiger partial charge in [0.2, 0.25) is 0 Å². The molecular formula is C15H17NO2S. The predicted octanol–water partition coefficient (Wildman–Crippen LogP) is 2.97. The summed E-state index contributed by atoms with van der Waals surface area (Å²) in [6, 6.07) is 11.5. The second-order valence-electron chi connectivity index (χ2n) is 4.15. The van der Waals surface area contributed by atoms with Crippen molar-refractivity contribution in [2.75, 3.05) is 7.11 Å². The largest absolute Gasteiger partial charge is 0.496 e. The summed E-state index contributed by atoms with van der Waals surface area (Å²) in [5.41, 5.74) is 2.52. The number of hydrogen-bond acceptors (Lipinski definition) is 3. The number of thiol groups is 1. The van der Waals surface area contributed by atoms with E-state index in [1.54, 1.807) is 11.7 Å². The Bertz CT molecular complexity index is 634. The molecule has 0 saturated carbocycles. The molecule has 2 aromatic rings. The molecular weight excluding hydrogens is 258 g/mol. The summed E-state index contributed by atoms with van der Waals surface area (Å²) in [4.78, 5) is 12.3. The molecule has 0 unspecified atom stereocenters. The van der Waals surface area contributed by atoms with Crippen LogP contribution in [0.1, 0.15) is 12.5 Å². The third-order valence-electron chi connectivity index (χ3n) is 3.12. The summed E-state index contributed by atoms with van der Waals surface area (Å²) in [5.74, 6) is 1.22. The quantitative estimate of drug-likeness (QED) is 0.870. The molecule has 0 aliphatic heterocycles. The molecule has 19 heavy (non-hydrogen) atoms. The summed E-state index contributed by atoms with van der Waals surface area (Å²) >= 11 is 4.19. The predicted molar refractivity (Wildman–Crippen MR) is 81.1 cm³/mol. The van der Waals surface area contributed by atoms with Gasteiger partial charge in [-0.25, -0.2) is 0 Å². The normalized spacial score (nSPS) is 10.5. The first kappa shape index (κ1) is 13.7. The van der Waals surface area contributed by atoms with E-state index in [0.717, 1.165) is 17.0 Å². The molecule has 0 spiro atoms. The molecule has 0 bridgehead atoms.